The summed E-state index contributed by atoms with van der Waals surface area (Å²) in [6.07, 6.45) is 3.01. The van der Waals surface area contributed by atoms with Crippen molar-refractivity contribution in [2.24, 2.45) is 17.6 Å². The minimum Gasteiger partial charge on any atom is -0.340 e. The van der Waals surface area contributed by atoms with E-state index in [1.807, 2.05) is 19.2 Å². The molecule has 2 heterocycles. The number of aryl methyl sites for hydroxylation is 1. The van der Waals surface area contributed by atoms with E-state index in [1.54, 1.807) is 0 Å². The quantitative estimate of drug-likeness (QED) is 0.814. The summed E-state index contributed by atoms with van der Waals surface area (Å²) in [7, 11) is 0. The number of aromatic nitrogens is 2. The average Bonchev–Trinajstić information content (AvgIpc) is 2.29. The van der Waals surface area contributed by atoms with Gasteiger partial charge in [-0.1, -0.05) is 6.92 Å². The highest BCUT2D eigenvalue weighted by molar-refractivity contribution is 5.31. The van der Waals surface area contributed by atoms with Crippen LogP contribution in [-0.2, 0) is 0 Å². The van der Waals surface area contributed by atoms with Gasteiger partial charge in [0, 0.05) is 25.0 Å². The lowest BCUT2D eigenvalue weighted by atomic mass is 9.87. The highest BCUT2D eigenvalue weighted by Crippen LogP contribution is 2.24. The molecule has 1 saturated heterocycles. The first kappa shape index (κ1) is 11.3. The Balaban J connectivity index is 2.11. The molecule has 0 aromatic carbocycles. The number of nitrogens with two attached hydrogens (primary N) is 1. The maximum atomic E-state index is 5.80. The molecule has 2 atom stereocenters. The van der Waals surface area contributed by atoms with Crippen LogP contribution < -0.4 is 10.6 Å². The fourth-order valence-electron chi connectivity index (χ4n) is 2.23. The van der Waals surface area contributed by atoms with Crippen molar-refractivity contribution in [3.05, 3.63) is 18.0 Å². The molecule has 2 rings (SSSR count). The lowest BCUT2D eigenvalue weighted by molar-refractivity contribution is 0.305. The van der Waals surface area contributed by atoms with Gasteiger partial charge in [0.05, 0.1) is 0 Å². The topological polar surface area (TPSA) is 55.0 Å². The second-order valence-corrected chi connectivity index (χ2v) is 4.71. The summed E-state index contributed by atoms with van der Waals surface area (Å²) in [5, 5.41) is 0. The van der Waals surface area contributed by atoms with E-state index in [0.717, 1.165) is 31.3 Å². The van der Waals surface area contributed by atoms with Crippen molar-refractivity contribution in [2.75, 3.05) is 24.5 Å². The molecule has 1 fully saturated rings. The van der Waals surface area contributed by atoms with Crippen molar-refractivity contribution in [3.8, 4) is 0 Å². The summed E-state index contributed by atoms with van der Waals surface area (Å²) in [6.45, 7) is 7.07. The normalized spacial score (nSPS) is 25.8. The lowest BCUT2D eigenvalue weighted by Crippen LogP contribution is -2.43. The summed E-state index contributed by atoms with van der Waals surface area (Å²) in [5.74, 6) is 2.13. The minimum absolute atomic E-state index is 0.567. The molecule has 0 radical (unpaired) electrons. The Morgan fingerprint density at radius 1 is 1.56 bits per heavy atom. The van der Waals surface area contributed by atoms with E-state index in [4.69, 9.17) is 5.73 Å². The Hall–Kier alpha value is -1.16. The molecule has 0 amide bonds. The Kier molecular flexibility index (Phi) is 3.39. The molecule has 0 bridgehead atoms. The largest absolute Gasteiger partial charge is 0.340 e. The van der Waals surface area contributed by atoms with E-state index in [2.05, 4.69) is 21.8 Å². The number of hydrogen-bond donors (Lipinski definition) is 1. The Morgan fingerprint density at radius 3 is 3.06 bits per heavy atom. The lowest BCUT2D eigenvalue weighted by Gasteiger charge is -2.36. The standard InChI is InChI=1S/C12H20N4/c1-9-4-6-16(8-11(9)7-13)12-14-5-3-10(2)15-12/h3,5,9,11H,4,6-8,13H2,1-2H3. The van der Waals surface area contributed by atoms with Crippen LogP contribution in [0.4, 0.5) is 5.95 Å². The molecule has 1 aromatic rings. The van der Waals surface area contributed by atoms with Gasteiger partial charge < -0.3 is 10.6 Å². The maximum Gasteiger partial charge on any atom is 0.225 e. The molecule has 0 saturated carbocycles. The van der Waals surface area contributed by atoms with Crippen LogP contribution in [0.2, 0.25) is 0 Å². The van der Waals surface area contributed by atoms with Gasteiger partial charge in [-0.05, 0) is 37.8 Å². The van der Waals surface area contributed by atoms with Crippen LogP contribution in [0.1, 0.15) is 19.0 Å². The van der Waals surface area contributed by atoms with Gasteiger partial charge in [0.1, 0.15) is 0 Å². The molecule has 88 valence electrons. The fourth-order valence-corrected chi connectivity index (χ4v) is 2.23. The summed E-state index contributed by atoms with van der Waals surface area (Å²) in [5.41, 5.74) is 6.82. The number of anilines is 1. The van der Waals surface area contributed by atoms with Crippen molar-refractivity contribution in [3.63, 3.8) is 0 Å². The van der Waals surface area contributed by atoms with Crippen LogP contribution in [0.15, 0.2) is 12.3 Å². The van der Waals surface area contributed by atoms with Gasteiger partial charge in [0.25, 0.3) is 0 Å². The number of rotatable bonds is 2. The summed E-state index contributed by atoms with van der Waals surface area (Å²) < 4.78 is 0. The molecule has 0 aliphatic carbocycles. The molecule has 16 heavy (non-hydrogen) atoms. The van der Waals surface area contributed by atoms with Gasteiger partial charge in [0.15, 0.2) is 0 Å². The van der Waals surface area contributed by atoms with Gasteiger partial charge in [-0.15, -0.1) is 0 Å². The van der Waals surface area contributed by atoms with E-state index < -0.39 is 0 Å². The summed E-state index contributed by atoms with van der Waals surface area (Å²) in [4.78, 5) is 11.1. The van der Waals surface area contributed by atoms with Crippen molar-refractivity contribution in [2.45, 2.75) is 20.3 Å². The Bertz CT molecular complexity index is 353. The first-order chi connectivity index (χ1) is 7.70. The van der Waals surface area contributed by atoms with Crippen molar-refractivity contribution in [1.29, 1.82) is 0 Å². The van der Waals surface area contributed by atoms with Crippen LogP contribution in [0, 0.1) is 18.8 Å². The molecule has 2 unspecified atom stereocenters. The van der Waals surface area contributed by atoms with Crippen LogP contribution in [-0.4, -0.2) is 29.6 Å². The van der Waals surface area contributed by atoms with Crippen molar-refractivity contribution < 1.29 is 0 Å². The van der Waals surface area contributed by atoms with Crippen LogP contribution in [0.25, 0.3) is 0 Å². The van der Waals surface area contributed by atoms with Crippen LogP contribution >= 0.6 is 0 Å². The van der Waals surface area contributed by atoms with E-state index >= 15 is 0 Å². The third kappa shape index (κ3) is 2.32. The zero-order valence-electron chi connectivity index (χ0n) is 10.1. The molecule has 0 spiro atoms. The number of hydrogen-bond acceptors (Lipinski definition) is 4. The van der Waals surface area contributed by atoms with Gasteiger partial charge >= 0.3 is 0 Å². The number of nitrogens with zero attached hydrogens (tertiary/aromatic N) is 3. The first-order valence-corrected chi connectivity index (χ1v) is 5.95. The maximum absolute atomic E-state index is 5.80. The second kappa shape index (κ2) is 4.78. The fraction of sp³-hybridized carbons (Fsp3) is 0.667. The van der Waals surface area contributed by atoms with Crippen LogP contribution in [0.5, 0.6) is 0 Å². The second-order valence-electron chi connectivity index (χ2n) is 4.71. The predicted octanol–water partition coefficient (Wildman–Crippen LogP) is 1.21. The molecule has 1 aromatic heterocycles. The van der Waals surface area contributed by atoms with Gasteiger partial charge in [-0.25, -0.2) is 9.97 Å². The van der Waals surface area contributed by atoms with Gasteiger partial charge in [0.2, 0.25) is 5.95 Å². The number of piperidine rings is 1. The molecular formula is C12H20N4. The Morgan fingerprint density at radius 2 is 2.38 bits per heavy atom. The predicted molar refractivity (Wildman–Crippen MR) is 65.3 cm³/mol. The van der Waals surface area contributed by atoms with E-state index in [-0.39, 0.29) is 0 Å². The van der Waals surface area contributed by atoms with E-state index in [1.165, 1.54) is 6.42 Å². The van der Waals surface area contributed by atoms with E-state index in [9.17, 15) is 0 Å². The van der Waals surface area contributed by atoms with Crippen molar-refractivity contribution in [1.82, 2.24) is 9.97 Å². The Labute approximate surface area is 96.9 Å². The zero-order valence-corrected chi connectivity index (χ0v) is 10.1. The van der Waals surface area contributed by atoms with Crippen molar-refractivity contribution >= 4 is 5.95 Å². The molecule has 1 aliphatic rings. The zero-order chi connectivity index (χ0) is 11.5. The van der Waals surface area contributed by atoms with Gasteiger partial charge in [-0.2, -0.15) is 0 Å². The third-order valence-electron chi connectivity index (χ3n) is 3.48. The minimum atomic E-state index is 0.567. The monoisotopic (exact) mass is 220 g/mol. The highest BCUT2D eigenvalue weighted by Gasteiger charge is 2.26. The van der Waals surface area contributed by atoms with Gasteiger partial charge in [-0.3, -0.25) is 0 Å². The molecule has 4 nitrogen and oxygen atoms in total. The third-order valence-corrected chi connectivity index (χ3v) is 3.48. The SMILES string of the molecule is Cc1ccnc(N2CCC(C)C(CN)C2)n1. The molecule has 2 N–H and O–H groups in total. The first-order valence-electron chi connectivity index (χ1n) is 5.95. The van der Waals surface area contributed by atoms with Crippen LogP contribution in [0.3, 0.4) is 0 Å². The highest BCUT2D eigenvalue weighted by atomic mass is 15.3. The molecule has 4 heteroatoms. The summed E-state index contributed by atoms with van der Waals surface area (Å²) in [6, 6.07) is 1.93. The summed E-state index contributed by atoms with van der Waals surface area (Å²) >= 11 is 0. The average molecular weight is 220 g/mol. The molecular weight excluding hydrogens is 200 g/mol. The van der Waals surface area contributed by atoms with E-state index in [0.29, 0.717) is 11.8 Å². The smallest absolute Gasteiger partial charge is 0.225 e. The molecule has 1 aliphatic heterocycles.